The van der Waals surface area contributed by atoms with Crippen molar-refractivity contribution in [1.29, 1.82) is 0 Å². The molecule has 224 valence electrons. The Labute approximate surface area is 282 Å². The molecule has 0 aliphatic heterocycles. The van der Waals surface area contributed by atoms with Gasteiger partial charge < -0.3 is 4.90 Å². The highest BCUT2D eigenvalue weighted by atomic mass is 32.1. The maximum Gasteiger partial charge on any atom is 0.0468 e. The van der Waals surface area contributed by atoms with Gasteiger partial charge in [-0.3, -0.25) is 0 Å². The number of fused-ring (bicyclic) bond motifs is 10. The SMILES string of the molecule is c1ccc(-c2cccc(N(c3ccc4c(ccc5c6ccccc6ccc45)c3)c3ccc4c(ccc5c6ccccc6sc45)c3)c2)cc1. The molecule has 0 aliphatic carbocycles. The molecule has 10 aromatic rings. The number of benzene rings is 9. The van der Waals surface area contributed by atoms with Crippen LogP contribution in [0.3, 0.4) is 0 Å². The van der Waals surface area contributed by atoms with Crippen molar-refractivity contribution < 1.29 is 0 Å². The summed E-state index contributed by atoms with van der Waals surface area (Å²) in [6.45, 7) is 0. The molecular weight excluding hydrogens is 599 g/mol. The first-order valence-corrected chi connectivity index (χ1v) is 17.2. The summed E-state index contributed by atoms with van der Waals surface area (Å²) in [6.07, 6.45) is 0. The zero-order valence-corrected chi connectivity index (χ0v) is 26.9. The predicted molar refractivity (Wildman–Crippen MR) is 209 cm³/mol. The average Bonchev–Trinajstić information content (AvgIpc) is 3.54. The maximum atomic E-state index is 2.41. The van der Waals surface area contributed by atoms with Crippen LogP contribution in [-0.2, 0) is 0 Å². The Kier molecular flexibility index (Phi) is 6.12. The van der Waals surface area contributed by atoms with E-state index in [1.807, 2.05) is 11.3 Å². The Morgan fingerprint density at radius 2 is 0.875 bits per heavy atom. The number of nitrogens with zero attached hydrogens (tertiary/aromatic N) is 1. The average molecular weight is 628 g/mol. The van der Waals surface area contributed by atoms with Crippen LogP contribution >= 0.6 is 11.3 Å². The highest BCUT2D eigenvalue weighted by molar-refractivity contribution is 7.26. The molecule has 0 aliphatic rings. The molecule has 0 radical (unpaired) electrons. The van der Waals surface area contributed by atoms with Gasteiger partial charge in [0.15, 0.2) is 0 Å². The molecule has 10 rings (SSSR count). The van der Waals surface area contributed by atoms with E-state index in [1.165, 1.54) is 74.4 Å². The van der Waals surface area contributed by atoms with Crippen molar-refractivity contribution in [2.45, 2.75) is 0 Å². The minimum atomic E-state index is 1.13. The standard InChI is InChI=1S/C46H29NS/c1-2-9-30(10-3-1)32-12-8-13-35(27-32)47(37-21-26-40-34(29-37)19-24-44-43-15-6-7-16-45(43)48-46(40)44)36-20-25-39-33(28-36)18-23-41-38-14-5-4-11-31(38)17-22-42(39)41/h1-29H. The summed E-state index contributed by atoms with van der Waals surface area (Å²) in [5.74, 6) is 0. The zero-order chi connectivity index (χ0) is 31.6. The molecule has 0 N–H and O–H groups in total. The fourth-order valence-corrected chi connectivity index (χ4v) is 8.73. The van der Waals surface area contributed by atoms with E-state index < -0.39 is 0 Å². The third kappa shape index (κ3) is 4.31. The van der Waals surface area contributed by atoms with E-state index in [4.69, 9.17) is 0 Å². The van der Waals surface area contributed by atoms with Gasteiger partial charge in [0.05, 0.1) is 0 Å². The summed E-state index contributed by atoms with van der Waals surface area (Å²) in [6, 6.07) is 64.5. The van der Waals surface area contributed by atoms with E-state index in [1.54, 1.807) is 0 Å². The monoisotopic (exact) mass is 627 g/mol. The zero-order valence-electron chi connectivity index (χ0n) is 26.1. The van der Waals surface area contributed by atoms with Crippen LogP contribution in [-0.4, -0.2) is 0 Å². The van der Waals surface area contributed by atoms with Gasteiger partial charge in [-0.15, -0.1) is 11.3 Å². The number of rotatable bonds is 4. The lowest BCUT2D eigenvalue weighted by molar-refractivity contribution is 1.29. The fraction of sp³-hybridized carbons (Fsp3) is 0. The van der Waals surface area contributed by atoms with Crippen molar-refractivity contribution in [3.05, 3.63) is 176 Å². The molecule has 2 heteroatoms. The summed E-state index contributed by atoms with van der Waals surface area (Å²) in [5, 5.41) is 12.9. The molecule has 9 aromatic carbocycles. The summed E-state index contributed by atoms with van der Waals surface area (Å²) in [7, 11) is 0. The predicted octanol–water partition coefficient (Wildman–Crippen LogP) is 13.8. The molecule has 0 saturated heterocycles. The van der Waals surface area contributed by atoms with Crippen LogP contribution in [0, 0.1) is 0 Å². The topological polar surface area (TPSA) is 3.24 Å². The molecule has 1 nitrogen and oxygen atoms in total. The Bertz CT molecular complexity index is 2850. The van der Waals surface area contributed by atoms with Crippen molar-refractivity contribution in [3.8, 4) is 11.1 Å². The minimum Gasteiger partial charge on any atom is -0.310 e. The van der Waals surface area contributed by atoms with Crippen LogP contribution in [0.25, 0.3) is 74.4 Å². The highest BCUT2D eigenvalue weighted by Crippen LogP contribution is 2.43. The van der Waals surface area contributed by atoms with Crippen LogP contribution in [0.15, 0.2) is 176 Å². The lowest BCUT2D eigenvalue weighted by atomic mass is 9.96. The largest absolute Gasteiger partial charge is 0.310 e. The molecule has 48 heavy (non-hydrogen) atoms. The van der Waals surface area contributed by atoms with Gasteiger partial charge >= 0.3 is 0 Å². The number of hydrogen-bond acceptors (Lipinski definition) is 2. The van der Waals surface area contributed by atoms with Gasteiger partial charge in [0.1, 0.15) is 0 Å². The van der Waals surface area contributed by atoms with E-state index in [0.29, 0.717) is 0 Å². The Morgan fingerprint density at radius 1 is 0.312 bits per heavy atom. The van der Waals surface area contributed by atoms with E-state index in [-0.39, 0.29) is 0 Å². The van der Waals surface area contributed by atoms with Crippen molar-refractivity contribution >= 4 is 91.7 Å². The molecule has 0 atom stereocenters. The van der Waals surface area contributed by atoms with E-state index in [0.717, 1.165) is 17.1 Å². The van der Waals surface area contributed by atoms with Crippen molar-refractivity contribution in [2.24, 2.45) is 0 Å². The third-order valence-electron chi connectivity index (χ3n) is 9.80. The summed E-state index contributed by atoms with van der Waals surface area (Å²) in [5.41, 5.74) is 5.81. The molecular formula is C46H29NS. The first kappa shape index (κ1) is 27.2. The minimum absolute atomic E-state index is 1.13. The second-order valence-electron chi connectivity index (χ2n) is 12.6. The molecule has 0 amide bonds. The van der Waals surface area contributed by atoms with Crippen molar-refractivity contribution in [3.63, 3.8) is 0 Å². The molecule has 0 spiro atoms. The third-order valence-corrected chi connectivity index (χ3v) is 11.0. The molecule has 1 aromatic heterocycles. The van der Waals surface area contributed by atoms with Crippen LogP contribution in [0.4, 0.5) is 17.1 Å². The van der Waals surface area contributed by atoms with Crippen LogP contribution in [0.2, 0.25) is 0 Å². The Hall–Kier alpha value is -5.96. The quantitative estimate of drug-likeness (QED) is 0.176. The van der Waals surface area contributed by atoms with Crippen LogP contribution < -0.4 is 4.90 Å². The van der Waals surface area contributed by atoms with Gasteiger partial charge in [0.2, 0.25) is 0 Å². The summed E-state index contributed by atoms with van der Waals surface area (Å²) in [4.78, 5) is 2.41. The number of hydrogen-bond donors (Lipinski definition) is 0. The second kappa shape index (κ2) is 10.8. The summed E-state index contributed by atoms with van der Waals surface area (Å²) >= 11 is 1.89. The first-order chi connectivity index (χ1) is 23.8. The Balaban J connectivity index is 1.17. The summed E-state index contributed by atoms with van der Waals surface area (Å²) < 4.78 is 2.68. The van der Waals surface area contributed by atoms with Gasteiger partial charge in [-0.05, 0) is 96.7 Å². The van der Waals surface area contributed by atoms with Crippen LogP contribution in [0.5, 0.6) is 0 Å². The Morgan fingerprint density at radius 3 is 1.69 bits per heavy atom. The fourth-order valence-electron chi connectivity index (χ4n) is 7.50. The highest BCUT2D eigenvalue weighted by Gasteiger charge is 2.17. The smallest absolute Gasteiger partial charge is 0.0468 e. The number of anilines is 3. The van der Waals surface area contributed by atoms with E-state index in [9.17, 15) is 0 Å². The van der Waals surface area contributed by atoms with E-state index in [2.05, 4.69) is 181 Å². The second-order valence-corrected chi connectivity index (χ2v) is 13.6. The molecule has 0 bridgehead atoms. The number of thiophene rings is 1. The van der Waals surface area contributed by atoms with Gasteiger partial charge in [-0.1, -0.05) is 133 Å². The normalized spacial score (nSPS) is 11.8. The van der Waals surface area contributed by atoms with Gasteiger partial charge in [-0.2, -0.15) is 0 Å². The van der Waals surface area contributed by atoms with Gasteiger partial charge in [-0.25, -0.2) is 0 Å². The lowest BCUT2D eigenvalue weighted by Gasteiger charge is -2.27. The first-order valence-electron chi connectivity index (χ1n) is 16.4. The molecule has 1 heterocycles. The maximum absolute atomic E-state index is 2.41. The van der Waals surface area contributed by atoms with Crippen molar-refractivity contribution in [2.75, 3.05) is 4.90 Å². The van der Waals surface area contributed by atoms with Crippen LogP contribution in [0.1, 0.15) is 0 Å². The lowest BCUT2D eigenvalue weighted by Crippen LogP contribution is -2.10. The van der Waals surface area contributed by atoms with Gasteiger partial charge in [0, 0.05) is 37.2 Å². The van der Waals surface area contributed by atoms with Crippen molar-refractivity contribution in [1.82, 2.24) is 0 Å². The van der Waals surface area contributed by atoms with Gasteiger partial charge in [0.25, 0.3) is 0 Å². The molecule has 0 saturated carbocycles. The molecule has 0 fully saturated rings. The van der Waals surface area contributed by atoms with E-state index >= 15 is 0 Å². The molecule has 0 unspecified atom stereocenters.